The van der Waals surface area contributed by atoms with Gasteiger partial charge >= 0.3 is 0 Å². The molecule has 0 aliphatic rings. The lowest BCUT2D eigenvalue weighted by Crippen LogP contribution is -2.28. The average molecular weight is 265 g/mol. The fourth-order valence-corrected chi connectivity index (χ4v) is 2.03. The van der Waals surface area contributed by atoms with E-state index in [-0.39, 0.29) is 0 Å². The third kappa shape index (κ3) is 4.16. The first-order chi connectivity index (χ1) is 9.09. The summed E-state index contributed by atoms with van der Waals surface area (Å²) in [6, 6.07) is 2.04. The number of hydrogen-bond acceptors (Lipinski definition) is 4. The summed E-state index contributed by atoms with van der Waals surface area (Å²) >= 11 is 0. The molecular formula is C15H27N3O. The lowest BCUT2D eigenvalue weighted by atomic mass is 10.0. The van der Waals surface area contributed by atoms with Gasteiger partial charge in [-0.2, -0.15) is 0 Å². The van der Waals surface area contributed by atoms with Crippen LogP contribution in [-0.2, 0) is 16.8 Å². The Bertz CT molecular complexity index is 371. The van der Waals surface area contributed by atoms with Crippen LogP contribution < -0.4 is 5.32 Å². The molecule has 1 N–H and O–H groups in total. The highest BCUT2D eigenvalue weighted by molar-refractivity contribution is 5.36. The second-order valence-electron chi connectivity index (χ2n) is 4.87. The van der Waals surface area contributed by atoms with Crippen LogP contribution >= 0.6 is 0 Å². The number of aromatic nitrogens is 2. The lowest BCUT2D eigenvalue weighted by Gasteiger charge is -2.27. The molecule has 0 aromatic carbocycles. The molecule has 0 saturated heterocycles. The van der Waals surface area contributed by atoms with Crippen molar-refractivity contribution >= 4 is 5.82 Å². The summed E-state index contributed by atoms with van der Waals surface area (Å²) in [5.41, 5.74) is 0.686. The topological polar surface area (TPSA) is 47.0 Å². The van der Waals surface area contributed by atoms with Crippen molar-refractivity contribution in [3.63, 3.8) is 0 Å². The molecule has 0 aliphatic heterocycles. The van der Waals surface area contributed by atoms with Gasteiger partial charge in [-0.05, 0) is 33.6 Å². The van der Waals surface area contributed by atoms with Crippen molar-refractivity contribution in [1.82, 2.24) is 9.97 Å². The maximum absolute atomic E-state index is 5.88. The summed E-state index contributed by atoms with van der Waals surface area (Å²) in [6.07, 6.45) is 2.92. The van der Waals surface area contributed by atoms with Gasteiger partial charge in [-0.25, -0.2) is 9.97 Å². The summed E-state index contributed by atoms with van der Waals surface area (Å²) in [7, 11) is 0. The fourth-order valence-electron chi connectivity index (χ4n) is 2.03. The zero-order chi connectivity index (χ0) is 14.3. The van der Waals surface area contributed by atoms with Crippen molar-refractivity contribution in [3.05, 3.63) is 17.6 Å². The largest absolute Gasteiger partial charge is 0.370 e. The Kier molecular flexibility index (Phi) is 6.22. The van der Waals surface area contributed by atoms with Crippen molar-refractivity contribution in [2.45, 2.75) is 59.5 Å². The minimum absolute atomic E-state index is 0.400. The van der Waals surface area contributed by atoms with E-state index in [2.05, 4.69) is 38.0 Å². The summed E-state index contributed by atoms with van der Waals surface area (Å²) < 4.78 is 5.88. The molecule has 1 aromatic rings. The van der Waals surface area contributed by atoms with E-state index >= 15 is 0 Å². The molecule has 1 rings (SSSR count). The third-order valence-electron chi connectivity index (χ3n) is 3.25. The number of nitrogens with one attached hydrogen (secondary N) is 1. The number of hydrogen-bond donors (Lipinski definition) is 1. The molecule has 0 bridgehead atoms. The lowest BCUT2D eigenvalue weighted by molar-refractivity contribution is -0.0390. The number of rotatable bonds is 8. The molecule has 0 spiro atoms. The van der Waals surface area contributed by atoms with Crippen LogP contribution in [0.2, 0.25) is 0 Å². The first-order valence-electron chi connectivity index (χ1n) is 7.35. The SMILES string of the molecule is CCCc1cc(NCC)nc(C(C)(CC)OCC)n1. The maximum atomic E-state index is 5.88. The van der Waals surface area contributed by atoms with E-state index < -0.39 is 5.60 Å². The smallest absolute Gasteiger partial charge is 0.162 e. The maximum Gasteiger partial charge on any atom is 0.162 e. The third-order valence-corrected chi connectivity index (χ3v) is 3.25. The first kappa shape index (κ1) is 15.9. The van der Waals surface area contributed by atoms with E-state index in [4.69, 9.17) is 9.72 Å². The standard InChI is InChI=1S/C15H27N3O/c1-6-10-12-11-13(16-8-3)18-14(17-12)15(5,7-2)19-9-4/h11H,6-10H2,1-5H3,(H,16,17,18). The Balaban J connectivity index is 3.16. The zero-order valence-corrected chi connectivity index (χ0v) is 12.9. The van der Waals surface area contributed by atoms with E-state index in [0.29, 0.717) is 6.61 Å². The van der Waals surface area contributed by atoms with Crippen molar-refractivity contribution in [2.24, 2.45) is 0 Å². The van der Waals surface area contributed by atoms with Gasteiger partial charge in [-0.1, -0.05) is 20.3 Å². The van der Waals surface area contributed by atoms with E-state index in [1.54, 1.807) is 0 Å². The molecular weight excluding hydrogens is 238 g/mol. The van der Waals surface area contributed by atoms with Crippen LogP contribution in [-0.4, -0.2) is 23.1 Å². The Morgan fingerprint density at radius 3 is 2.47 bits per heavy atom. The minimum Gasteiger partial charge on any atom is -0.370 e. The molecule has 4 heteroatoms. The molecule has 1 atom stereocenters. The van der Waals surface area contributed by atoms with Gasteiger partial charge in [0, 0.05) is 24.9 Å². The quantitative estimate of drug-likeness (QED) is 0.781. The van der Waals surface area contributed by atoms with Crippen molar-refractivity contribution in [2.75, 3.05) is 18.5 Å². The highest BCUT2D eigenvalue weighted by Gasteiger charge is 2.29. The normalized spacial score (nSPS) is 14.2. The van der Waals surface area contributed by atoms with Crippen LogP contribution in [0.25, 0.3) is 0 Å². The number of aryl methyl sites for hydroxylation is 1. The number of anilines is 1. The minimum atomic E-state index is -0.400. The van der Waals surface area contributed by atoms with Gasteiger partial charge in [-0.15, -0.1) is 0 Å². The summed E-state index contributed by atoms with van der Waals surface area (Å²) in [6.45, 7) is 11.9. The Morgan fingerprint density at radius 2 is 1.95 bits per heavy atom. The first-order valence-corrected chi connectivity index (χ1v) is 7.35. The molecule has 4 nitrogen and oxygen atoms in total. The summed E-state index contributed by atoms with van der Waals surface area (Å²) in [4.78, 5) is 9.31. The van der Waals surface area contributed by atoms with Crippen LogP contribution in [0.3, 0.4) is 0 Å². The van der Waals surface area contributed by atoms with Crippen molar-refractivity contribution in [3.8, 4) is 0 Å². The molecule has 1 unspecified atom stereocenters. The summed E-state index contributed by atoms with van der Waals surface area (Å²) in [5.74, 6) is 1.69. The van der Waals surface area contributed by atoms with Crippen molar-refractivity contribution in [1.29, 1.82) is 0 Å². The van der Waals surface area contributed by atoms with E-state index in [9.17, 15) is 0 Å². The molecule has 0 fully saturated rings. The Labute approximate surface area is 117 Å². The van der Waals surface area contributed by atoms with Gasteiger partial charge < -0.3 is 10.1 Å². The van der Waals surface area contributed by atoms with Crippen molar-refractivity contribution < 1.29 is 4.74 Å². The van der Waals surface area contributed by atoms with Crippen LogP contribution in [0, 0.1) is 0 Å². The molecule has 1 aromatic heterocycles. The monoisotopic (exact) mass is 265 g/mol. The zero-order valence-electron chi connectivity index (χ0n) is 12.9. The molecule has 108 valence electrons. The van der Waals surface area contributed by atoms with Gasteiger partial charge in [0.1, 0.15) is 11.4 Å². The van der Waals surface area contributed by atoms with E-state index in [1.807, 2.05) is 13.0 Å². The molecule has 1 heterocycles. The van der Waals surface area contributed by atoms with Gasteiger partial charge in [0.15, 0.2) is 5.82 Å². The number of ether oxygens (including phenoxy) is 1. The van der Waals surface area contributed by atoms with Crippen LogP contribution in [0.4, 0.5) is 5.82 Å². The van der Waals surface area contributed by atoms with Gasteiger partial charge in [0.25, 0.3) is 0 Å². The highest BCUT2D eigenvalue weighted by Crippen LogP contribution is 2.27. The molecule has 19 heavy (non-hydrogen) atoms. The Hall–Kier alpha value is -1.16. The molecule has 0 aliphatic carbocycles. The second kappa shape index (κ2) is 7.43. The van der Waals surface area contributed by atoms with E-state index in [1.165, 1.54) is 0 Å². The van der Waals surface area contributed by atoms with Gasteiger partial charge in [-0.3, -0.25) is 0 Å². The summed E-state index contributed by atoms with van der Waals surface area (Å²) in [5, 5.41) is 3.28. The predicted molar refractivity (Wildman–Crippen MR) is 79.5 cm³/mol. The Morgan fingerprint density at radius 1 is 1.21 bits per heavy atom. The van der Waals surface area contributed by atoms with Crippen LogP contribution in [0.1, 0.15) is 59.0 Å². The fraction of sp³-hybridized carbons (Fsp3) is 0.733. The van der Waals surface area contributed by atoms with Crippen LogP contribution in [0.5, 0.6) is 0 Å². The van der Waals surface area contributed by atoms with E-state index in [0.717, 1.165) is 43.1 Å². The number of nitrogens with zero attached hydrogens (tertiary/aromatic N) is 2. The highest BCUT2D eigenvalue weighted by atomic mass is 16.5. The van der Waals surface area contributed by atoms with Gasteiger partial charge in [0.2, 0.25) is 0 Å². The predicted octanol–water partition coefficient (Wildman–Crippen LogP) is 3.52. The molecule has 0 amide bonds. The molecule has 0 radical (unpaired) electrons. The second-order valence-corrected chi connectivity index (χ2v) is 4.87. The molecule has 0 saturated carbocycles. The van der Waals surface area contributed by atoms with Crippen LogP contribution in [0.15, 0.2) is 6.07 Å². The average Bonchev–Trinajstić information content (AvgIpc) is 2.39. The van der Waals surface area contributed by atoms with Gasteiger partial charge in [0.05, 0.1) is 0 Å².